The van der Waals surface area contributed by atoms with Crippen molar-refractivity contribution in [1.82, 2.24) is 0 Å². The summed E-state index contributed by atoms with van der Waals surface area (Å²) >= 11 is 3.24. The number of aryl methyl sites for hydroxylation is 2. The van der Waals surface area contributed by atoms with Crippen LogP contribution in [-0.4, -0.2) is 23.4 Å². The van der Waals surface area contributed by atoms with Crippen molar-refractivity contribution in [1.29, 1.82) is 0 Å². The fourth-order valence-electron chi connectivity index (χ4n) is 3.64. The van der Waals surface area contributed by atoms with Crippen LogP contribution in [0, 0.1) is 10.8 Å². The molecular formula is C28H40O4S2. The Balaban J connectivity index is 1.99. The molecule has 0 saturated carbocycles. The summed E-state index contributed by atoms with van der Waals surface area (Å²) in [7, 11) is 0. The monoisotopic (exact) mass is 504 g/mol. The van der Waals surface area contributed by atoms with E-state index in [2.05, 4.69) is 27.7 Å². The Bertz CT molecular complexity index is 963. The molecule has 0 radical (unpaired) electrons. The van der Waals surface area contributed by atoms with E-state index in [1.807, 2.05) is 12.2 Å². The third kappa shape index (κ3) is 10.8. The molecule has 0 atom stereocenters. The first-order valence-corrected chi connectivity index (χ1v) is 13.8. The molecule has 6 heteroatoms. The minimum absolute atomic E-state index is 0.0110. The fourth-order valence-corrected chi connectivity index (χ4v) is 5.71. The molecule has 0 spiro atoms. The van der Waals surface area contributed by atoms with Gasteiger partial charge in [-0.3, -0.25) is 9.59 Å². The molecule has 0 bridgehead atoms. The van der Waals surface area contributed by atoms with Crippen molar-refractivity contribution in [3.63, 3.8) is 0 Å². The largest absolute Gasteiger partial charge is 0.396 e. The molecule has 0 fully saturated rings. The molecule has 0 unspecified atom stereocenters. The van der Waals surface area contributed by atoms with Crippen molar-refractivity contribution in [2.24, 2.45) is 10.8 Å². The highest BCUT2D eigenvalue weighted by Gasteiger charge is 2.16. The highest BCUT2D eigenvalue weighted by molar-refractivity contribution is 7.13. The van der Waals surface area contributed by atoms with Crippen molar-refractivity contribution in [3.8, 4) is 0 Å². The van der Waals surface area contributed by atoms with Crippen LogP contribution in [0.2, 0.25) is 0 Å². The molecule has 4 nitrogen and oxygen atoms in total. The highest BCUT2D eigenvalue weighted by atomic mass is 32.1. The number of hydrogen-bond acceptors (Lipinski definition) is 6. The molecular weight excluding hydrogens is 464 g/mol. The third-order valence-corrected chi connectivity index (χ3v) is 8.14. The molecule has 34 heavy (non-hydrogen) atoms. The molecule has 2 N–H and O–H groups in total. The van der Waals surface area contributed by atoms with Crippen LogP contribution in [0.25, 0.3) is 12.2 Å². The van der Waals surface area contributed by atoms with E-state index in [0.717, 1.165) is 70.9 Å². The van der Waals surface area contributed by atoms with Gasteiger partial charge in [0.1, 0.15) is 0 Å². The molecule has 0 aliphatic heterocycles. The average molecular weight is 505 g/mol. The van der Waals surface area contributed by atoms with Crippen LogP contribution in [0.3, 0.4) is 0 Å². The van der Waals surface area contributed by atoms with E-state index in [-0.39, 0.29) is 34.9 Å². The van der Waals surface area contributed by atoms with Crippen LogP contribution >= 0.6 is 22.7 Å². The van der Waals surface area contributed by atoms with Crippen molar-refractivity contribution in [2.75, 3.05) is 13.2 Å². The third-order valence-electron chi connectivity index (χ3n) is 5.99. The van der Waals surface area contributed by atoms with E-state index in [0.29, 0.717) is 0 Å². The second kappa shape index (κ2) is 13.5. The number of unbranched alkanes of at least 4 members (excludes halogenated alkanes) is 2. The van der Waals surface area contributed by atoms with Crippen LogP contribution in [0.5, 0.6) is 0 Å². The van der Waals surface area contributed by atoms with E-state index < -0.39 is 0 Å². The summed E-state index contributed by atoms with van der Waals surface area (Å²) in [4.78, 5) is 28.3. The smallest absolute Gasteiger partial charge is 0.181 e. The fraction of sp³-hybridized carbons (Fsp3) is 0.571. The van der Waals surface area contributed by atoms with Gasteiger partial charge in [0.15, 0.2) is 10.9 Å². The predicted octanol–water partition coefficient (Wildman–Crippen LogP) is 6.16. The van der Waals surface area contributed by atoms with E-state index in [4.69, 9.17) is 0 Å². The number of rotatable bonds is 14. The van der Waals surface area contributed by atoms with E-state index in [1.165, 1.54) is 0 Å². The van der Waals surface area contributed by atoms with Gasteiger partial charge in [-0.2, -0.15) is 0 Å². The van der Waals surface area contributed by atoms with Gasteiger partial charge < -0.3 is 10.2 Å². The lowest BCUT2D eigenvalue weighted by Gasteiger charge is -2.20. The van der Waals surface area contributed by atoms with Crippen molar-refractivity contribution >= 4 is 34.8 Å². The Morgan fingerprint density at radius 1 is 0.676 bits per heavy atom. The molecule has 0 aliphatic carbocycles. The molecule has 0 saturated heterocycles. The van der Waals surface area contributed by atoms with Crippen LogP contribution < -0.4 is 10.9 Å². The molecule has 2 rings (SSSR count). The topological polar surface area (TPSA) is 74.6 Å². The van der Waals surface area contributed by atoms with Gasteiger partial charge in [-0.25, -0.2) is 0 Å². The zero-order chi connectivity index (χ0) is 25.2. The van der Waals surface area contributed by atoms with Gasteiger partial charge in [0.05, 0.1) is 0 Å². The lowest BCUT2D eigenvalue weighted by molar-refractivity contribution is 0.147. The van der Waals surface area contributed by atoms with Gasteiger partial charge in [-0.1, -0.05) is 40.5 Å². The molecule has 0 amide bonds. The van der Waals surface area contributed by atoms with Crippen LogP contribution in [0.1, 0.15) is 85.7 Å². The summed E-state index contributed by atoms with van der Waals surface area (Å²) in [5.41, 5.74) is -0.0816. The summed E-state index contributed by atoms with van der Waals surface area (Å²) in [6, 6.07) is 6.73. The van der Waals surface area contributed by atoms with Gasteiger partial charge in [-0.05, 0) is 73.6 Å². The molecule has 188 valence electrons. The second-order valence-electron chi connectivity index (χ2n) is 10.7. The zero-order valence-electron chi connectivity index (χ0n) is 21.1. The first-order chi connectivity index (χ1) is 16.0. The van der Waals surface area contributed by atoms with Crippen LogP contribution in [0.4, 0.5) is 0 Å². The maximum Gasteiger partial charge on any atom is 0.181 e. The lowest BCUT2D eigenvalue weighted by atomic mass is 9.88. The van der Waals surface area contributed by atoms with Crippen LogP contribution in [-0.2, 0) is 12.8 Å². The Kier molecular flexibility index (Phi) is 11.4. The molecule has 0 aromatic carbocycles. The molecule has 0 aliphatic rings. The molecule has 2 aromatic heterocycles. The quantitative estimate of drug-likeness (QED) is 0.302. The number of aliphatic hydroxyl groups excluding tert-OH is 2. The van der Waals surface area contributed by atoms with Gasteiger partial charge in [0.2, 0.25) is 0 Å². The maximum absolute atomic E-state index is 12.2. The van der Waals surface area contributed by atoms with Gasteiger partial charge in [0.25, 0.3) is 0 Å². The van der Waals surface area contributed by atoms with Gasteiger partial charge in [0, 0.05) is 44.9 Å². The average Bonchev–Trinajstić information content (AvgIpc) is 2.78. The summed E-state index contributed by atoms with van der Waals surface area (Å²) < 4.78 is 0. The number of hydrogen-bond donors (Lipinski definition) is 2. The summed E-state index contributed by atoms with van der Waals surface area (Å²) in [5.74, 6) is 0. The van der Waals surface area contributed by atoms with Crippen molar-refractivity contribution < 1.29 is 10.2 Å². The lowest BCUT2D eigenvalue weighted by Crippen LogP contribution is -2.16. The van der Waals surface area contributed by atoms with E-state index >= 15 is 0 Å². The summed E-state index contributed by atoms with van der Waals surface area (Å²) in [6.45, 7) is 8.65. The predicted molar refractivity (Wildman–Crippen MR) is 147 cm³/mol. The van der Waals surface area contributed by atoms with Crippen molar-refractivity contribution in [3.05, 3.63) is 64.2 Å². The normalized spacial score (nSPS) is 12.5. The Morgan fingerprint density at radius 2 is 1.06 bits per heavy atom. The summed E-state index contributed by atoms with van der Waals surface area (Å²) in [5, 5.41) is 18.8. The van der Waals surface area contributed by atoms with Gasteiger partial charge >= 0.3 is 0 Å². The minimum Gasteiger partial charge on any atom is -0.396 e. The van der Waals surface area contributed by atoms with E-state index in [9.17, 15) is 19.8 Å². The maximum atomic E-state index is 12.2. The SMILES string of the molecule is CC(C)(CO)CCCCc1cc(=O)cc(/C=C/c2cc(=O)cc(CCCCC(C)(C)CO)s2)s1. The Labute approximate surface area is 212 Å². The number of aliphatic hydroxyl groups is 2. The first-order valence-electron chi connectivity index (χ1n) is 12.2. The molecule has 2 aromatic rings. The summed E-state index contributed by atoms with van der Waals surface area (Å²) in [6.07, 6.45) is 11.5. The standard InChI is InChI=1S/C28H40O4S2/c1-27(2,19-29)13-7-5-9-23-15-21(31)17-25(33-23)11-12-26-18-22(32)16-24(34-26)10-6-8-14-28(3,4)20-30/h11-12,15-18,29-30H,5-10,13-14,19-20H2,1-4H3/b12-11+. The zero-order valence-corrected chi connectivity index (χ0v) is 22.7. The van der Waals surface area contributed by atoms with Crippen molar-refractivity contribution in [2.45, 2.75) is 79.1 Å². The first kappa shape index (κ1) is 28.6. The second-order valence-corrected chi connectivity index (χ2v) is 13.1. The highest BCUT2D eigenvalue weighted by Crippen LogP contribution is 2.25. The van der Waals surface area contributed by atoms with Crippen LogP contribution in [0.15, 0.2) is 33.9 Å². The van der Waals surface area contributed by atoms with E-state index in [1.54, 1.807) is 46.9 Å². The van der Waals surface area contributed by atoms with Gasteiger partial charge in [-0.15, -0.1) is 22.7 Å². The molecule has 2 heterocycles. The Hall–Kier alpha value is -1.60. The Morgan fingerprint density at radius 3 is 1.41 bits per heavy atom. The minimum atomic E-state index is -0.0517.